The van der Waals surface area contributed by atoms with Crippen LogP contribution in [0.15, 0.2) is 42.5 Å². The van der Waals surface area contributed by atoms with Crippen LogP contribution in [0.4, 0.5) is 15.8 Å². The van der Waals surface area contributed by atoms with Crippen molar-refractivity contribution in [2.75, 3.05) is 25.5 Å². The van der Waals surface area contributed by atoms with Crippen LogP contribution >= 0.6 is 0 Å². The summed E-state index contributed by atoms with van der Waals surface area (Å²) < 4.78 is 13.6. The number of nitrogens with zero attached hydrogens (tertiary/aromatic N) is 2. The molecule has 0 fully saturated rings. The summed E-state index contributed by atoms with van der Waals surface area (Å²) in [4.78, 5) is 24.4. The highest BCUT2D eigenvalue weighted by Gasteiger charge is 2.17. The average molecular weight is 331 g/mol. The molecule has 0 unspecified atom stereocenters. The van der Waals surface area contributed by atoms with Gasteiger partial charge in [0.25, 0.3) is 11.6 Å². The number of nitro groups is 1. The van der Waals surface area contributed by atoms with Gasteiger partial charge in [-0.3, -0.25) is 14.9 Å². The predicted octanol–water partition coefficient (Wildman–Crippen LogP) is 2.77. The maximum Gasteiger partial charge on any atom is 0.270 e. The van der Waals surface area contributed by atoms with Crippen molar-refractivity contribution < 1.29 is 14.1 Å². The first-order chi connectivity index (χ1) is 11.4. The molecule has 2 rings (SSSR count). The Morgan fingerprint density at radius 2 is 1.96 bits per heavy atom. The third kappa shape index (κ3) is 4.07. The zero-order valence-electron chi connectivity index (χ0n) is 13.5. The summed E-state index contributed by atoms with van der Waals surface area (Å²) in [6.45, 7) is 0.231. The van der Waals surface area contributed by atoms with Gasteiger partial charge in [-0.1, -0.05) is 18.2 Å². The molecule has 2 aromatic rings. The maximum absolute atomic E-state index is 13.6. The maximum atomic E-state index is 13.6. The van der Waals surface area contributed by atoms with Crippen molar-refractivity contribution in [1.82, 2.24) is 5.32 Å². The van der Waals surface area contributed by atoms with Gasteiger partial charge >= 0.3 is 0 Å². The molecule has 0 atom stereocenters. The molecule has 0 bridgehead atoms. The van der Waals surface area contributed by atoms with E-state index in [-0.39, 0.29) is 23.6 Å². The molecule has 0 aliphatic heterocycles. The van der Waals surface area contributed by atoms with E-state index in [0.717, 1.165) is 0 Å². The molecule has 7 heteroatoms. The number of rotatable bonds is 6. The van der Waals surface area contributed by atoms with Crippen LogP contribution in [0.1, 0.15) is 15.9 Å². The van der Waals surface area contributed by atoms with Gasteiger partial charge in [-0.25, -0.2) is 4.39 Å². The third-order valence-corrected chi connectivity index (χ3v) is 3.56. The first kappa shape index (κ1) is 17.4. The van der Waals surface area contributed by atoms with Gasteiger partial charge in [0.2, 0.25) is 0 Å². The van der Waals surface area contributed by atoms with Crippen LogP contribution < -0.4 is 10.2 Å². The summed E-state index contributed by atoms with van der Waals surface area (Å²) >= 11 is 0. The largest absolute Gasteiger partial charge is 0.377 e. The number of amides is 1. The van der Waals surface area contributed by atoms with Crippen molar-refractivity contribution in [3.63, 3.8) is 0 Å². The fourth-order valence-corrected chi connectivity index (χ4v) is 2.32. The molecule has 1 N–H and O–H groups in total. The second kappa shape index (κ2) is 7.54. The van der Waals surface area contributed by atoms with Crippen molar-refractivity contribution in [3.8, 4) is 0 Å². The van der Waals surface area contributed by atoms with Crippen LogP contribution in [-0.4, -0.2) is 31.5 Å². The normalized spacial score (nSPS) is 10.3. The van der Waals surface area contributed by atoms with Crippen molar-refractivity contribution >= 4 is 17.3 Å². The van der Waals surface area contributed by atoms with Gasteiger partial charge in [0.15, 0.2) is 0 Å². The van der Waals surface area contributed by atoms with Crippen molar-refractivity contribution in [3.05, 3.63) is 69.5 Å². The van der Waals surface area contributed by atoms with Crippen molar-refractivity contribution in [1.29, 1.82) is 0 Å². The van der Waals surface area contributed by atoms with Crippen LogP contribution in [-0.2, 0) is 6.42 Å². The van der Waals surface area contributed by atoms with Gasteiger partial charge in [-0.05, 0) is 24.1 Å². The van der Waals surface area contributed by atoms with E-state index >= 15 is 0 Å². The van der Waals surface area contributed by atoms with Gasteiger partial charge in [-0.15, -0.1) is 0 Å². The zero-order chi connectivity index (χ0) is 17.7. The molecule has 0 aliphatic carbocycles. The Bertz CT molecular complexity index is 762. The number of nitro benzene ring substituents is 1. The lowest BCUT2D eigenvalue weighted by atomic mass is 10.1. The molecular weight excluding hydrogens is 313 g/mol. The van der Waals surface area contributed by atoms with Crippen LogP contribution in [0.2, 0.25) is 0 Å². The van der Waals surface area contributed by atoms with Gasteiger partial charge < -0.3 is 10.2 Å². The number of nitrogens with one attached hydrogen (secondary N) is 1. The van der Waals surface area contributed by atoms with E-state index in [0.29, 0.717) is 17.7 Å². The molecule has 0 saturated carbocycles. The third-order valence-electron chi connectivity index (χ3n) is 3.56. The summed E-state index contributed by atoms with van der Waals surface area (Å²) in [6, 6.07) is 10.5. The first-order valence-corrected chi connectivity index (χ1v) is 7.37. The van der Waals surface area contributed by atoms with Crippen molar-refractivity contribution in [2.45, 2.75) is 6.42 Å². The molecule has 0 radical (unpaired) electrons. The Kier molecular flexibility index (Phi) is 5.47. The SMILES string of the molecule is CN(C)c1ccc([N+](=O)[O-])cc1C(=O)NCCc1ccccc1F. The first-order valence-electron chi connectivity index (χ1n) is 7.37. The number of hydrogen-bond acceptors (Lipinski definition) is 4. The Labute approximate surface area is 139 Å². The molecule has 126 valence electrons. The molecule has 6 nitrogen and oxygen atoms in total. The summed E-state index contributed by atoms with van der Waals surface area (Å²) in [6.07, 6.45) is 0.338. The zero-order valence-corrected chi connectivity index (χ0v) is 13.5. The lowest BCUT2D eigenvalue weighted by Gasteiger charge is -2.17. The Morgan fingerprint density at radius 1 is 1.25 bits per heavy atom. The van der Waals surface area contributed by atoms with Gasteiger partial charge in [0.05, 0.1) is 10.5 Å². The number of anilines is 1. The lowest BCUT2D eigenvalue weighted by molar-refractivity contribution is -0.384. The standard InChI is InChI=1S/C17H18FN3O3/c1-20(2)16-8-7-13(21(23)24)11-14(16)17(22)19-10-9-12-5-3-4-6-15(12)18/h3-8,11H,9-10H2,1-2H3,(H,19,22). The second-order valence-corrected chi connectivity index (χ2v) is 5.45. The summed E-state index contributed by atoms with van der Waals surface area (Å²) in [5, 5.41) is 13.6. The van der Waals surface area contributed by atoms with Crippen molar-refractivity contribution in [2.24, 2.45) is 0 Å². The van der Waals surface area contributed by atoms with Crippen LogP contribution in [0.25, 0.3) is 0 Å². The fourth-order valence-electron chi connectivity index (χ4n) is 2.32. The van der Waals surface area contributed by atoms with E-state index in [1.54, 1.807) is 37.2 Å². The van der Waals surface area contributed by atoms with E-state index < -0.39 is 10.8 Å². The number of carbonyl (C=O) groups is 1. The Hall–Kier alpha value is -2.96. The molecule has 0 saturated heterocycles. The monoisotopic (exact) mass is 331 g/mol. The topological polar surface area (TPSA) is 75.5 Å². The molecule has 24 heavy (non-hydrogen) atoms. The van der Waals surface area contributed by atoms with Gasteiger partial charge in [0, 0.05) is 38.5 Å². The molecule has 0 spiro atoms. The number of non-ortho nitro benzene ring substituents is 1. The van der Waals surface area contributed by atoms with E-state index in [9.17, 15) is 19.3 Å². The van der Waals surface area contributed by atoms with Gasteiger partial charge in [0.1, 0.15) is 5.82 Å². The number of carbonyl (C=O) groups excluding carboxylic acids is 1. The minimum Gasteiger partial charge on any atom is -0.377 e. The fraction of sp³-hybridized carbons (Fsp3) is 0.235. The molecule has 1 amide bonds. The lowest BCUT2D eigenvalue weighted by Crippen LogP contribution is -2.28. The summed E-state index contributed by atoms with van der Waals surface area (Å²) in [5.41, 5.74) is 1.14. The van der Waals surface area contributed by atoms with E-state index in [2.05, 4.69) is 5.32 Å². The predicted molar refractivity (Wildman–Crippen MR) is 89.9 cm³/mol. The smallest absolute Gasteiger partial charge is 0.270 e. The van der Waals surface area contributed by atoms with E-state index in [1.807, 2.05) is 0 Å². The van der Waals surface area contributed by atoms with Gasteiger partial charge in [-0.2, -0.15) is 0 Å². The van der Waals surface area contributed by atoms with Crippen LogP contribution in [0.5, 0.6) is 0 Å². The molecule has 0 heterocycles. The average Bonchev–Trinajstić information content (AvgIpc) is 2.55. The molecule has 2 aromatic carbocycles. The van der Waals surface area contributed by atoms with E-state index in [1.165, 1.54) is 24.3 Å². The minimum atomic E-state index is -0.546. The van der Waals surface area contributed by atoms with E-state index in [4.69, 9.17) is 0 Å². The Balaban J connectivity index is 2.12. The number of hydrogen-bond donors (Lipinski definition) is 1. The number of halogens is 1. The molecule has 0 aliphatic rings. The quantitative estimate of drug-likeness (QED) is 0.652. The number of benzene rings is 2. The molecular formula is C17H18FN3O3. The Morgan fingerprint density at radius 3 is 2.58 bits per heavy atom. The highest BCUT2D eigenvalue weighted by Crippen LogP contribution is 2.24. The summed E-state index contributed by atoms with van der Waals surface area (Å²) in [7, 11) is 3.49. The highest BCUT2D eigenvalue weighted by atomic mass is 19.1. The second-order valence-electron chi connectivity index (χ2n) is 5.45. The molecule has 0 aromatic heterocycles. The highest BCUT2D eigenvalue weighted by molar-refractivity contribution is 6.00. The summed E-state index contributed by atoms with van der Waals surface area (Å²) in [5.74, 6) is -0.755. The van der Waals surface area contributed by atoms with Crippen LogP contribution in [0.3, 0.4) is 0 Å². The van der Waals surface area contributed by atoms with Crippen LogP contribution in [0, 0.1) is 15.9 Å². The minimum absolute atomic E-state index is 0.153.